The van der Waals surface area contributed by atoms with E-state index in [2.05, 4.69) is 10.0 Å². The third-order valence-corrected chi connectivity index (χ3v) is 4.82. The van der Waals surface area contributed by atoms with Gasteiger partial charge in [0.15, 0.2) is 0 Å². The van der Waals surface area contributed by atoms with Crippen molar-refractivity contribution in [2.75, 3.05) is 16.6 Å². The van der Waals surface area contributed by atoms with Crippen LogP contribution in [0, 0.1) is 5.82 Å². The molecule has 0 aromatic heterocycles. The van der Waals surface area contributed by atoms with E-state index in [9.17, 15) is 12.8 Å². The lowest BCUT2D eigenvalue weighted by Gasteiger charge is -2.19. The topological polar surface area (TPSA) is 58.2 Å². The number of hydrogen-bond acceptors (Lipinski definition) is 3. The minimum Gasteiger partial charge on any atom is -0.385 e. The van der Waals surface area contributed by atoms with Gasteiger partial charge in [-0.1, -0.05) is 6.07 Å². The van der Waals surface area contributed by atoms with Crippen molar-refractivity contribution in [1.29, 1.82) is 0 Å². The van der Waals surface area contributed by atoms with Gasteiger partial charge in [0.25, 0.3) is 10.0 Å². The number of anilines is 2. The summed E-state index contributed by atoms with van der Waals surface area (Å²) >= 11 is 0. The molecule has 0 bridgehead atoms. The summed E-state index contributed by atoms with van der Waals surface area (Å²) in [7, 11) is -3.70. The quantitative estimate of drug-likeness (QED) is 0.916. The molecule has 0 spiro atoms. The predicted octanol–water partition coefficient (Wildman–Crippen LogP) is 2.98. The minimum atomic E-state index is -3.70. The molecule has 1 heterocycles. The first-order chi connectivity index (χ1) is 10.0. The zero-order chi connectivity index (χ0) is 14.9. The fraction of sp³-hybridized carbons (Fsp3) is 0.200. The van der Waals surface area contributed by atoms with Crippen LogP contribution in [-0.4, -0.2) is 15.0 Å². The summed E-state index contributed by atoms with van der Waals surface area (Å²) in [6.07, 6.45) is 2.07. The van der Waals surface area contributed by atoms with Gasteiger partial charge >= 0.3 is 0 Å². The minimum absolute atomic E-state index is 0.0366. The van der Waals surface area contributed by atoms with E-state index in [1.807, 2.05) is 6.07 Å². The van der Waals surface area contributed by atoms with Gasteiger partial charge in [-0.3, -0.25) is 4.72 Å². The van der Waals surface area contributed by atoms with Crippen molar-refractivity contribution in [3.8, 4) is 0 Å². The molecular formula is C15H15FN2O2S. The molecule has 2 aromatic rings. The van der Waals surface area contributed by atoms with Crippen LogP contribution in [0.15, 0.2) is 47.4 Å². The molecule has 0 amide bonds. The highest BCUT2D eigenvalue weighted by molar-refractivity contribution is 7.92. The molecule has 3 rings (SSSR count). The normalized spacial score (nSPS) is 14.1. The lowest BCUT2D eigenvalue weighted by atomic mass is 10.0. The standard InChI is InChI=1S/C15H15FN2O2S/c16-12-4-7-14(8-5-12)21(19,20)18-13-6-3-11-2-1-9-17-15(11)10-13/h3-8,10,17-18H,1-2,9H2. The van der Waals surface area contributed by atoms with Gasteiger partial charge < -0.3 is 5.32 Å². The molecule has 2 aromatic carbocycles. The van der Waals surface area contributed by atoms with Crippen LogP contribution >= 0.6 is 0 Å². The molecule has 1 aliphatic heterocycles. The van der Waals surface area contributed by atoms with Gasteiger partial charge in [0.1, 0.15) is 5.82 Å². The number of nitrogens with one attached hydrogen (secondary N) is 2. The summed E-state index contributed by atoms with van der Waals surface area (Å²) in [5.74, 6) is -0.466. The Morgan fingerprint density at radius 3 is 2.62 bits per heavy atom. The molecule has 6 heteroatoms. The molecule has 0 saturated carbocycles. The van der Waals surface area contributed by atoms with Crippen LogP contribution < -0.4 is 10.0 Å². The maximum atomic E-state index is 12.9. The second kappa shape index (κ2) is 5.37. The van der Waals surface area contributed by atoms with Crippen molar-refractivity contribution < 1.29 is 12.8 Å². The summed E-state index contributed by atoms with van der Waals surface area (Å²) in [6, 6.07) is 10.2. The summed E-state index contributed by atoms with van der Waals surface area (Å²) in [4.78, 5) is 0.0366. The average molecular weight is 306 g/mol. The van der Waals surface area contributed by atoms with Crippen LogP contribution in [0.3, 0.4) is 0 Å². The van der Waals surface area contributed by atoms with E-state index < -0.39 is 15.8 Å². The Kier molecular flexibility index (Phi) is 3.55. The first-order valence-corrected chi connectivity index (χ1v) is 8.18. The van der Waals surface area contributed by atoms with Gasteiger partial charge in [0.05, 0.1) is 10.6 Å². The average Bonchev–Trinajstić information content (AvgIpc) is 2.47. The van der Waals surface area contributed by atoms with E-state index >= 15 is 0 Å². The maximum absolute atomic E-state index is 12.9. The SMILES string of the molecule is O=S(=O)(Nc1ccc2c(c1)NCCC2)c1ccc(F)cc1. The van der Waals surface area contributed by atoms with E-state index in [0.29, 0.717) is 5.69 Å². The Hall–Kier alpha value is -2.08. The second-order valence-electron chi connectivity index (χ2n) is 4.96. The Morgan fingerprint density at radius 1 is 1.10 bits per heavy atom. The highest BCUT2D eigenvalue weighted by atomic mass is 32.2. The van der Waals surface area contributed by atoms with Crippen LogP contribution in [-0.2, 0) is 16.4 Å². The number of aryl methyl sites for hydroxylation is 1. The fourth-order valence-corrected chi connectivity index (χ4v) is 3.40. The number of hydrogen-bond donors (Lipinski definition) is 2. The van der Waals surface area contributed by atoms with Crippen molar-refractivity contribution >= 4 is 21.4 Å². The van der Waals surface area contributed by atoms with E-state index in [1.54, 1.807) is 12.1 Å². The van der Waals surface area contributed by atoms with Gasteiger partial charge in [-0.2, -0.15) is 0 Å². The van der Waals surface area contributed by atoms with Gasteiger partial charge in [0.2, 0.25) is 0 Å². The molecule has 2 N–H and O–H groups in total. The van der Waals surface area contributed by atoms with Gasteiger partial charge in [0, 0.05) is 12.2 Å². The van der Waals surface area contributed by atoms with E-state index in [4.69, 9.17) is 0 Å². The molecule has 4 nitrogen and oxygen atoms in total. The number of benzene rings is 2. The van der Waals surface area contributed by atoms with E-state index in [0.717, 1.165) is 37.2 Å². The van der Waals surface area contributed by atoms with Crippen LogP contribution in [0.5, 0.6) is 0 Å². The predicted molar refractivity (Wildman–Crippen MR) is 80.5 cm³/mol. The van der Waals surface area contributed by atoms with E-state index in [-0.39, 0.29) is 4.90 Å². The maximum Gasteiger partial charge on any atom is 0.261 e. The molecule has 0 fully saturated rings. The van der Waals surface area contributed by atoms with Crippen LogP contribution in [0.2, 0.25) is 0 Å². The molecule has 1 aliphatic rings. The van der Waals surface area contributed by atoms with Crippen molar-refractivity contribution in [1.82, 2.24) is 0 Å². The number of fused-ring (bicyclic) bond motifs is 1. The van der Waals surface area contributed by atoms with Crippen LogP contribution in [0.1, 0.15) is 12.0 Å². The molecular weight excluding hydrogens is 291 g/mol. The van der Waals surface area contributed by atoms with Crippen molar-refractivity contribution in [3.05, 3.63) is 53.8 Å². The summed E-state index contributed by atoms with van der Waals surface area (Å²) < 4.78 is 39.8. The number of sulfonamides is 1. The first-order valence-electron chi connectivity index (χ1n) is 6.70. The molecule has 0 aliphatic carbocycles. The molecule has 0 atom stereocenters. The van der Waals surface area contributed by atoms with Crippen molar-refractivity contribution in [3.63, 3.8) is 0 Å². The monoisotopic (exact) mass is 306 g/mol. The number of halogens is 1. The van der Waals surface area contributed by atoms with Gasteiger partial charge in [-0.05, 0) is 54.8 Å². The smallest absolute Gasteiger partial charge is 0.261 e. The van der Waals surface area contributed by atoms with Gasteiger partial charge in [-0.25, -0.2) is 12.8 Å². The summed E-state index contributed by atoms with van der Waals surface area (Å²) in [6.45, 7) is 0.890. The first kappa shape index (κ1) is 13.9. The van der Waals surface area contributed by atoms with Gasteiger partial charge in [-0.15, -0.1) is 0 Å². The fourth-order valence-electron chi connectivity index (χ4n) is 2.35. The lowest BCUT2D eigenvalue weighted by Crippen LogP contribution is -2.15. The zero-order valence-electron chi connectivity index (χ0n) is 11.3. The third kappa shape index (κ3) is 3.00. The Morgan fingerprint density at radius 2 is 1.86 bits per heavy atom. The molecule has 0 unspecified atom stereocenters. The summed E-state index contributed by atoms with van der Waals surface area (Å²) in [5.41, 5.74) is 2.64. The van der Waals surface area contributed by atoms with Crippen LogP contribution in [0.4, 0.5) is 15.8 Å². The molecule has 110 valence electrons. The highest BCUT2D eigenvalue weighted by Crippen LogP contribution is 2.26. The Labute approximate surface area is 123 Å². The second-order valence-corrected chi connectivity index (χ2v) is 6.64. The number of rotatable bonds is 3. The summed E-state index contributed by atoms with van der Waals surface area (Å²) in [5, 5.41) is 3.25. The largest absolute Gasteiger partial charge is 0.385 e. The molecule has 21 heavy (non-hydrogen) atoms. The zero-order valence-corrected chi connectivity index (χ0v) is 12.1. The third-order valence-electron chi connectivity index (χ3n) is 3.42. The van der Waals surface area contributed by atoms with Crippen molar-refractivity contribution in [2.45, 2.75) is 17.7 Å². The Bertz CT molecular complexity index is 758. The Balaban J connectivity index is 1.87. The van der Waals surface area contributed by atoms with Crippen molar-refractivity contribution in [2.24, 2.45) is 0 Å². The van der Waals surface area contributed by atoms with E-state index in [1.165, 1.54) is 17.7 Å². The highest BCUT2D eigenvalue weighted by Gasteiger charge is 2.16. The van der Waals surface area contributed by atoms with Crippen LogP contribution in [0.25, 0.3) is 0 Å². The molecule has 0 saturated heterocycles. The molecule has 0 radical (unpaired) electrons. The lowest BCUT2D eigenvalue weighted by molar-refractivity contribution is 0.599.